The lowest BCUT2D eigenvalue weighted by molar-refractivity contribution is 0.746. The minimum absolute atomic E-state index is 0.554. The summed E-state index contributed by atoms with van der Waals surface area (Å²) in [6, 6.07) is 49.4. The van der Waals surface area contributed by atoms with Crippen molar-refractivity contribution in [3.05, 3.63) is 186 Å². The minimum Gasteiger partial charge on any atom is -0.309 e. The van der Waals surface area contributed by atoms with Gasteiger partial charge in [0.25, 0.3) is 0 Å². The van der Waals surface area contributed by atoms with E-state index in [1.807, 2.05) is 11.3 Å². The molecule has 2 aromatic heterocycles. The average Bonchev–Trinajstić information content (AvgIpc) is 3.75. The third kappa shape index (κ3) is 3.05. The van der Waals surface area contributed by atoms with Gasteiger partial charge in [0.1, 0.15) is 0 Å². The molecular weight excluding hydrogens is 575 g/mol. The molecule has 8 aromatic rings. The first-order chi connectivity index (χ1) is 22.7. The van der Waals surface area contributed by atoms with Crippen molar-refractivity contribution >= 4 is 64.5 Å². The van der Waals surface area contributed by atoms with E-state index >= 15 is 0 Å². The summed E-state index contributed by atoms with van der Waals surface area (Å²) in [4.78, 5) is 0. The summed E-state index contributed by atoms with van der Waals surface area (Å²) in [6.45, 7) is 7.16. The summed E-state index contributed by atoms with van der Waals surface area (Å²) in [5, 5.41) is 5.17. The van der Waals surface area contributed by atoms with Gasteiger partial charge in [0.15, 0.2) is 0 Å². The maximum absolute atomic E-state index is 5.04. The van der Waals surface area contributed by atoms with Gasteiger partial charge in [-0.15, -0.1) is 11.3 Å². The standard InChI is InChI=1S/C44H29NS/c1-3-14-32-29-15-4-7-21-35(29)44(41(32)27(2)28-18-12-20-34-31-17-6-11-26-40(31)46-43(28)34)36-22-8-10-25-39(36)45-38-24-9-5-16-30(38)33-19-13-23-37(44)42(33)45/h3-26H,2H2,1H3/b14-3-. The SMILES string of the molecule is C=C(C1=C(/C=C\C)c2ccccc2C12c1ccccc1-n1c3ccccc3c3cccc2c31)c1cccc2c1sc1ccccc12. The molecule has 0 fully saturated rings. The molecule has 1 unspecified atom stereocenters. The van der Waals surface area contributed by atoms with Crippen LogP contribution in [0.3, 0.4) is 0 Å². The van der Waals surface area contributed by atoms with Crippen molar-refractivity contribution in [3.8, 4) is 5.69 Å². The number of rotatable bonds is 3. The van der Waals surface area contributed by atoms with Crippen LogP contribution in [0, 0.1) is 0 Å². The van der Waals surface area contributed by atoms with Gasteiger partial charge in [-0.3, -0.25) is 0 Å². The third-order valence-corrected chi connectivity index (χ3v) is 11.5. The molecule has 0 bridgehead atoms. The van der Waals surface area contributed by atoms with Gasteiger partial charge in [-0.25, -0.2) is 0 Å². The van der Waals surface area contributed by atoms with E-state index in [-0.39, 0.29) is 0 Å². The van der Waals surface area contributed by atoms with Gasteiger partial charge in [0.05, 0.1) is 22.1 Å². The minimum atomic E-state index is -0.554. The molecule has 6 aromatic carbocycles. The zero-order valence-corrected chi connectivity index (χ0v) is 26.2. The second-order valence-electron chi connectivity index (χ2n) is 12.4. The number of allylic oxidation sites excluding steroid dienone is 5. The van der Waals surface area contributed by atoms with E-state index in [1.54, 1.807) is 0 Å². The number of hydrogen-bond donors (Lipinski definition) is 0. The van der Waals surface area contributed by atoms with Gasteiger partial charge in [0.2, 0.25) is 0 Å². The number of hydrogen-bond acceptors (Lipinski definition) is 1. The highest BCUT2D eigenvalue weighted by molar-refractivity contribution is 7.26. The molecule has 10 rings (SSSR count). The Morgan fingerprint density at radius 3 is 2.22 bits per heavy atom. The van der Waals surface area contributed by atoms with Crippen LogP contribution in [-0.2, 0) is 5.41 Å². The average molecular weight is 604 g/mol. The van der Waals surface area contributed by atoms with Crippen molar-refractivity contribution in [1.82, 2.24) is 4.57 Å². The summed E-state index contributed by atoms with van der Waals surface area (Å²) >= 11 is 1.87. The van der Waals surface area contributed by atoms with Crippen molar-refractivity contribution in [2.45, 2.75) is 12.3 Å². The van der Waals surface area contributed by atoms with Crippen molar-refractivity contribution in [1.29, 1.82) is 0 Å². The Morgan fingerprint density at radius 2 is 1.33 bits per heavy atom. The fourth-order valence-corrected chi connectivity index (χ4v) is 9.87. The van der Waals surface area contributed by atoms with Gasteiger partial charge in [-0.05, 0) is 69.7 Å². The summed E-state index contributed by atoms with van der Waals surface area (Å²) < 4.78 is 5.11. The smallest absolute Gasteiger partial charge is 0.0760 e. The molecule has 0 saturated heterocycles. The number of aromatic nitrogens is 1. The Morgan fingerprint density at radius 1 is 0.652 bits per heavy atom. The molecule has 1 spiro atoms. The summed E-state index contributed by atoms with van der Waals surface area (Å²) in [5.74, 6) is 0. The molecule has 0 saturated carbocycles. The van der Waals surface area contributed by atoms with Gasteiger partial charge in [0, 0.05) is 30.9 Å². The third-order valence-electron chi connectivity index (χ3n) is 10.3. The van der Waals surface area contributed by atoms with Gasteiger partial charge in [-0.1, -0.05) is 134 Å². The molecule has 1 atom stereocenters. The molecular formula is C44H29NS. The highest BCUT2D eigenvalue weighted by Crippen LogP contribution is 2.63. The molecule has 0 radical (unpaired) electrons. The van der Waals surface area contributed by atoms with E-state index < -0.39 is 5.41 Å². The quantitative estimate of drug-likeness (QED) is 0.189. The Bertz CT molecular complexity index is 2670. The highest BCUT2D eigenvalue weighted by Gasteiger charge is 2.52. The van der Waals surface area contributed by atoms with Crippen LogP contribution in [0.4, 0.5) is 0 Å². The maximum Gasteiger partial charge on any atom is 0.0760 e. The van der Waals surface area contributed by atoms with E-state index in [1.165, 1.54) is 86.6 Å². The predicted octanol–water partition coefficient (Wildman–Crippen LogP) is 11.9. The first kappa shape index (κ1) is 25.8. The van der Waals surface area contributed by atoms with Crippen molar-refractivity contribution in [3.63, 3.8) is 0 Å². The van der Waals surface area contributed by atoms with Crippen LogP contribution in [0.15, 0.2) is 158 Å². The normalized spacial score (nSPS) is 16.8. The number of benzene rings is 6. The second-order valence-corrected chi connectivity index (χ2v) is 13.5. The van der Waals surface area contributed by atoms with Crippen molar-refractivity contribution < 1.29 is 0 Å². The molecule has 1 nitrogen and oxygen atoms in total. The number of para-hydroxylation sites is 3. The Kier molecular flexibility index (Phi) is 5.22. The Labute approximate surface area is 271 Å². The lowest BCUT2D eigenvalue weighted by atomic mass is 9.62. The largest absolute Gasteiger partial charge is 0.309 e. The highest BCUT2D eigenvalue weighted by atomic mass is 32.1. The van der Waals surface area contributed by atoms with Crippen LogP contribution < -0.4 is 0 Å². The molecule has 216 valence electrons. The molecule has 2 aliphatic rings. The summed E-state index contributed by atoms with van der Waals surface area (Å²) in [6.07, 6.45) is 4.50. The molecule has 0 amide bonds. The molecule has 1 aliphatic heterocycles. The fourth-order valence-electron chi connectivity index (χ4n) is 8.63. The molecule has 1 aliphatic carbocycles. The zero-order valence-electron chi connectivity index (χ0n) is 25.4. The van der Waals surface area contributed by atoms with Crippen LogP contribution in [-0.4, -0.2) is 4.57 Å². The zero-order chi connectivity index (χ0) is 30.6. The lowest BCUT2D eigenvalue weighted by Gasteiger charge is -2.41. The number of fused-ring (bicyclic) bond motifs is 12. The molecule has 2 heteroatoms. The van der Waals surface area contributed by atoms with E-state index in [2.05, 4.69) is 157 Å². The van der Waals surface area contributed by atoms with Gasteiger partial charge in [-0.2, -0.15) is 0 Å². The van der Waals surface area contributed by atoms with Crippen LogP contribution in [0.5, 0.6) is 0 Å². The summed E-state index contributed by atoms with van der Waals surface area (Å²) in [7, 11) is 0. The monoisotopic (exact) mass is 603 g/mol. The molecule has 46 heavy (non-hydrogen) atoms. The maximum atomic E-state index is 5.04. The van der Waals surface area contributed by atoms with Crippen LogP contribution in [0.1, 0.15) is 34.7 Å². The van der Waals surface area contributed by atoms with Gasteiger partial charge >= 0.3 is 0 Å². The van der Waals surface area contributed by atoms with E-state index in [9.17, 15) is 0 Å². The Hall–Kier alpha value is -5.44. The van der Waals surface area contributed by atoms with Crippen LogP contribution in [0.25, 0.3) is 58.8 Å². The number of thiophene rings is 1. The number of nitrogens with zero attached hydrogens (tertiary/aromatic N) is 1. The van der Waals surface area contributed by atoms with Gasteiger partial charge < -0.3 is 4.57 Å². The van der Waals surface area contributed by atoms with Crippen molar-refractivity contribution in [2.75, 3.05) is 0 Å². The Balaban J connectivity index is 1.40. The lowest BCUT2D eigenvalue weighted by Crippen LogP contribution is -2.35. The predicted molar refractivity (Wildman–Crippen MR) is 197 cm³/mol. The fraction of sp³-hybridized carbons (Fsp3) is 0.0455. The topological polar surface area (TPSA) is 4.93 Å². The van der Waals surface area contributed by atoms with Crippen LogP contribution >= 0.6 is 11.3 Å². The molecule has 3 heterocycles. The molecule has 0 N–H and O–H groups in total. The first-order valence-electron chi connectivity index (χ1n) is 15.9. The van der Waals surface area contributed by atoms with Crippen molar-refractivity contribution in [2.24, 2.45) is 0 Å². The van der Waals surface area contributed by atoms with E-state index in [4.69, 9.17) is 6.58 Å². The van der Waals surface area contributed by atoms with E-state index in [0.717, 1.165) is 5.57 Å². The first-order valence-corrected chi connectivity index (χ1v) is 16.7. The van der Waals surface area contributed by atoms with Crippen LogP contribution in [0.2, 0.25) is 0 Å². The summed E-state index contributed by atoms with van der Waals surface area (Å²) in [5.41, 5.74) is 13.2. The van der Waals surface area contributed by atoms with E-state index in [0.29, 0.717) is 0 Å². The second kappa shape index (κ2) is 9.29.